The second-order valence-corrected chi connectivity index (χ2v) is 14.4. The summed E-state index contributed by atoms with van der Waals surface area (Å²) in [7, 11) is 1.45. The third kappa shape index (κ3) is 7.43. The van der Waals surface area contributed by atoms with Crippen molar-refractivity contribution >= 4 is 63.0 Å². The van der Waals surface area contributed by atoms with Crippen LogP contribution in [0.2, 0.25) is 4.34 Å². The third-order valence-corrected chi connectivity index (χ3v) is 10.8. The summed E-state index contributed by atoms with van der Waals surface area (Å²) in [5, 5.41) is 10.9. The molecule has 0 unspecified atom stereocenters. The number of aryl methyl sites for hydroxylation is 1. The van der Waals surface area contributed by atoms with Crippen molar-refractivity contribution in [2.75, 3.05) is 12.9 Å². The van der Waals surface area contributed by atoms with Crippen molar-refractivity contribution in [2.24, 2.45) is 5.41 Å². The molecule has 0 bridgehead atoms. The Kier molecular flexibility index (Phi) is 9.43. The molecule has 0 spiro atoms. The number of rotatable bonds is 12. The number of benzene rings is 2. The highest BCUT2D eigenvalue weighted by molar-refractivity contribution is 7.99. The minimum Gasteiger partial charge on any atom is -0.469 e. The van der Waals surface area contributed by atoms with Gasteiger partial charge in [-0.3, -0.25) is 4.79 Å². The second-order valence-electron chi connectivity index (χ2n) is 11.6. The molecule has 0 radical (unpaired) electrons. The number of methoxy groups -OCH3 is 1. The van der Waals surface area contributed by atoms with Gasteiger partial charge in [0.25, 0.3) is 0 Å². The van der Waals surface area contributed by atoms with E-state index < -0.39 is 11.4 Å². The molecule has 5 rings (SSSR count). The Balaban J connectivity index is 1.37. The van der Waals surface area contributed by atoms with E-state index in [0.29, 0.717) is 17.6 Å². The first kappa shape index (κ1) is 30.7. The van der Waals surface area contributed by atoms with Crippen molar-refractivity contribution in [3.8, 4) is 0 Å². The molecule has 2 aromatic heterocycles. The molecule has 220 valence electrons. The number of pyridine rings is 1. The van der Waals surface area contributed by atoms with Crippen molar-refractivity contribution in [3.63, 3.8) is 0 Å². The van der Waals surface area contributed by atoms with Crippen LogP contribution in [-0.4, -0.2) is 28.9 Å². The van der Waals surface area contributed by atoms with Gasteiger partial charge in [-0.15, -0.1) is 11.3 Å². The Morgan fingerprint density at radius 2 is 1.98 bits per heavy atom. The molecule has 2 heterocycles. The number of esters is 1. The van der Waals surface area contributed by atoms with Gasteiger partial charge in [0, 0.05) is 11.0 Å². The average molecular weight is 624 g/mol. The van der Waals surface area contributed by atoms with Crippen LogP contribution in [0.3, 0.4) is 0 Å². The quantitative estimate of drug-likeness (QED) is 0.159. The normalized spacial score (nSPS) is 15.3. The molecule has 2 aromatic carbocycles. The first-order chi connectivity index (χ1) is 20.1. The number of aliphatic hydroxyl groups is 1. The third-order valence-electron chi connectivity index (χ3n) is 7.84. The van der Waals surface area contributed by atoms with Crippen molar-refractivity contribution in [1.82, 2.24) is 4.98 Å². The Labute approximate surface area is 260 Å². The second kappa shape index (κ2) is 12.9. The number of halogens is 2. The zero-order chi connectivity index (χ0) is 29.9. The molecule has 8 heteroatoms. The smallest absolute Gasteiger partial charge is 0.306 e. The number of nitrogens with zero attached hydrogens (tertiary/aromatic N) is 1. The molecular formula is C34H35ClFNO3S2. The maximum absolute atomic E-state index is 14.3. The molecule has 1 aliphatic carbocycles. The van der Waals surface area contributed by atoms with E-state index in [4.69, 9.17) is 16.3 Å². The molecule has 1 aliphatic rings. The molecule has 0 amide bonds. The van der Waals surface area contributed by atoms with Gasteiger partial charge in [0.15, 0.2) is 5.82 Å². The summed E-state index contributed by atoms with van der Waals surface area (Å²) in [6.07, 6.45) is 8.13. The van der Waals surface area contributed by atoms with Gasteiger partial charge in [-0.25, -0.2) is 9.37 Å². The standard InChI is InChI=1S/C34H35ClFNO3S2/c1-33(2,39)26-10-5-4-8-23(26)12-15-27(41-21-34(17-18-34)20-29(38)40-3)24-9-6-7-22(19-24)11-13-25-14-16-28-31(37-25)30(36)32(35)42-28/h4-11,13-14,16,19,27,39H,12,15,17-18,20-21H2,1-3H3/t27-/m1/s1. The van der Waals surface area contributed by atoms with Crippen LogP contribution in [0.1, 0.15) is 72.7 Å². The SMILES string of the molecule is COC(=O)CC1(CS[C@H](CCc2ccccc2C(C)(C)O)c2cccc(C=Cc3ccc4sc(Cl)c(F)c4n3)c2)CC1. The Bertz CT molecular complexity index is 1610. The summed E-state index contributed by atoms with van der Waals surface area (Å²) in [5.74, 6) is 0.270. The van der Waals surface area contributed by atoms with Gasteiger partial charge < -0.3 is 9.84 Å². The van der Waals surface area contributed by atoms with Crippen LogP contribution < -0.4 is 0 Å². The highest BCUT2D eigenvalue weighted by atomic mass is 35.5. The fourth-order valence-electron chi connectivity index (χ4n) is 5.25. The van der Waals surface area contributed by atoms with Crippen molar-refractivity contribution in [1.29, 1.82) is 0 Å². The van der Waals surface area contributed by atoms with Gasteiger partial charge >= 0.3 is 5.97 Å². The molecular weight excluding hydrogens is 589 g/mol. The monoisotopic (exact) mass is 623 g/mol. The van der Waals surface area contributed by atoms with Crippen molar-refractivity contribution in [3.05, 3.63) is 98.8 Å². The molecule has 1 saturated carbocycles. The van der Waals surface area contributed by atoms with Gasteiger partial charge in [0.2, 0.25) is 0 Å². The first-order valence-corrected chi connectivity index (χ1v) is 16.3. The lowest BCUT2D eigenvalue weighted by Gasteiger charge is -2.24. The van der Waals surface area contributed by atoms with Gasteiger partial charge in [-0.1, -0.05) is 66.2 Å². The Hall–Kier alpha value is -2.71. The topological polar surface area (TPSA) is 59.4 Å². The fourth-order valence-corrected chi connectivity index (χ4v) is 7.90. The summed E-state index contributed by atoms with van der Waals surface area (Å²) >= 11 is 9.04. The number of thiophene rings is 1. The zero-order valence-electron chi connectivity index (χ0n) is 24.0. The minimum absolute atomic E-state index is 0.0165. The van der Waals surface area contributed by atoms with Crippen LogP contribution in [0.15, 0.2) is 60.7 Å². The predicted octanol–water partition coefficient (Wildman–Crippen LogP) is 9.24. The zero-order valence-corrected chi connectivity index (χ0v) is 26.4. The largest absolute Gasteiger partial charge is 0.469 e. The van der Waals surface area contributed by atoms with E-state index in [1.807, 2.05) is 74.2 Å². The lowest BCUT2D eigenvalue weighted by molar-refractivity contribution is -0.141. The van der Waals surface area contributed by atoms with E-state index in [9.17, 15) is 14.3 Å². The lowest BCUT2D eigenvalue weighted by Crippen LogP contribution is -2.18. The number of carbonyl (C=O) groups excluding carboxylic acids is 1. The van der Waals surface area contributed by atoms with E-state index in [1.54, 1.807) is 0 Å². The van der Waals surface area contributed by atoms with Crippen molar-refractivity contribution in [2.45, 2.75) is 56.8 Å². The number of carbonyl (C=O) groups is 1. The highest BCUT2D eigenvalue weighted by Crippen LogP contribution is 2.53. The molecule has 42 heavy (non-hydrogen) atoms. The number of aromatic nitrogens is 1. The summed E-state index contributed by atoms with van der Waals surface area (Å²) in [6, 6.07) is 20.3. The van der Waals surface area contributed by atoms with Gasteiger partial charge in [-0.2, -0.15) is 11.8 Å². The van der Waals surface area contributed by atoms with Gasteiger partial charge in [-0.05, 0) is 85.4 Å². The molecule has 1 atom stereocenters. The molecule has 4 nitrogen and oxygen atoms in total. The number of hydrogen-bond donors (Lipinski definition) is 1. The number of thioether (sulfide) groups is 1. The fraction of sp³-hybridized carbons (Fsp3) is 0.353. The molecule has 0 saturated heterocycles. The van der Waals surface area contributed by atoms with E-state index in [2.05, 4.69) is 29.2 Å². The van der Waals surface area contributed by atoms with Crippen LogP contribution in [0.25, 0.3) is 22.4 Å². The predicted molar refractivity (Wildman–Crippen MR) is 173 cm³/mol. The van der Waals surface area contributed by atoms with E-state index in [0.717, 1.165) is 52.8 Å². The maximum Gasteiger partial charge on any atom is 0.306 e. The summed E-state index contributed by atoms with van der Waals surface area (Å²) in [5.41, 5.74) is 4.37. The molecule has 1 fully saturated rings. The number of fused-ring (bicyclic) bond motifs is 1. The molecule has 0 aliphatic heterocycles. The van der Waals surface area contributed by atoms with Gasteiger partial charge in [0.05, 0.1) is 29.5 Å². The number of ether oxygens (including phenoxy) is 1. The Morgan fingerprint density at radius 3 is 2.71 bits per heavy atom. The minimum atomic E-state index is -0.920. The van der Waals surface area contributed by atoms with E-state index in [-0.39, 0.29) is 21.0 Å². The van der Waals surface area contributed by atoms with Crippen LogP contribution in [0.5, 0.6) is 0 Å². The molecule has 1 N–H and O–H groups in total. The number of hydrogen-bond acceptors (Lipinski definition) is 6. The van der Waals surface area contributed by atoms with E-state index >= 15 is 0 Å². The summed E-state index contributed by atoms with van der Waals surface area (Å²) in [4.78, 5) is 16.5. The molecule has 4 aromatic rings. The average Bonchev–Trinajstić information content (AvgIpc) is 3.68. The van der Waals surface area contributed by atoms with Crippen molar-refractivity contribution < 1.29 is 19.0 Å². The highest BCUT2D eigenvalue weighted by Gasteiger charge is 2.45. The Morgan fingerprint density at radius 1 is 1.19 bits per heavy atom. The summed E-state index contributed by atoms with van der Waals surface area (Å²) < 4.78 is 20.1. The van der Waals surface area contributed by atoms with Crippen LogP contribution in [0.4, 0.5) is 4.39 Å². The van der Waals surface area contributed by atoms with Crippen LogP contribution >= 0.6 is 34.7 Å². The van der Waals surface area contributed by atoms with Crippen LogP contribution in [-0.2, 0) is 21.6 Å². The maximum atomic E-state index is 14.3. The first-order valence-electron chi connectivity index (χ1n) is 14.1. The lowest BCUT2D eigenvalue weighted by atomic mass is 9.90. The van der Waals surface area contributed by atoms with Crippen LogP contribution in [0, 0.1) is 11.2 Å². The van der Waals surface area contributed by atoms with E-state index in [1.165, 1.54) is 24.0 Å². The summed E-state index contributed by atoms with van der Waals surface area (Å²) in [6.45, 7) is 3.65. The van der Waals surface area contributed by atoms with Gasteiger partial charge in [0.1, 0.15) is 9.85 Å².